The first-order valence-electron chi connectivity index (χ1n) is 5.31. The summed E-state index contributed by atoms with van der Waals surface area (Å²) in [5, 5.41) is 3.10. The SMILES string of the molecule is CNS(=O)(=O)CCNCc1ccc(Br)c(C)c1. The molecule has 0 bridgehead atoms. The zero-order valence-corrected chi connectivity index (χ0v) is 12.4. The Morgan fingerprint density at radius 2 is 2.06 bits per heavy atom. The summed E-state index contributed by atoms with van der Waals surface area (Å²) in [5.41, 5.74) is 2.32. The molecule has 0 spiro atoms. The molecule has 96 valence electrons. The van der Waals surface area contributed by atoms with Gasteiger partial charge in [0, 0.05) is 17.6 Å². The molecule has 0 radical (unpaired) electrons. The molecule has 0 saturated heterocycles. The van der Waals surface area contributed by atoms with Crippen molar-refractivity contribution in [3.63, 3.8) is 0 Å². The largest absolute Gasteiger partial charge is 0.312 e. The molecule has 6 heteroatoms. The molecule has 0 fully saturated rings. The van der Waals surface area contributed by atoms with Crippen LogP contribution >= 0.6 is 15.9 Å². The summed E-state index contributed by atoms with van der Waals surface area (Å²) in [6.45, 7) is 3.14. The zero-order chi connectivity index (χ0) is 12.9. The van der Waals surface area contributed by atoms with E-state index >= 15 is 0 Å². The van der Waals surface area contributed by atoms with Crippen molar-refractivity contribution in [1.82, 2.24) is 10.0 Å². The average Bonchev–Trinajstić information content (AvgIpc) is 2.29. The second-order valence-corrected chi connectivity index (χ2v) is 6.68. The normalized spacial score (nSPS) is 11.7. The fourth-order valence-electron chi connectivity index (χ4n) is 1.36. The molecule has 17 heavy (non-hydrogen) atoms. The molecule has 0 aromatic heterocycles. The van der Waals surface area contributed by atoms with Crippen LogP contribution in [0.3, 0.4) is 0 Å². The van der Waals surface area contributed by atoms with Gasteiger partial charge in [0.2, 0.25) is 10.0 Å². The Morgan fingerprint density at radius 3 is 2.65 bits per heavy atom. The van der Waals surface area contributed by atoms with E-state index in [2.05, 4.69) is 32.0 Å². The Labute approximate surface area is 111 Å². The van der Waals surface area contributed by atoms with Gasteiger partial charge in [-0.05, 0) is 31.2 Å². The van der Waals surface area contributed by atoms with Crippen LogP contribution in [-0.4, -0.2) is 27.8 Å². The third kappa shape index (κ3) is 5.16. The summed E-state index contributed by atoms with van der Waals surface area (Å²) in [6.07, 6.45) is 0. The van der Waals surface area contributed by atoms with Crippen LogP contribution in [0.2, 0.25) is 0 Å². The van der Waals surface area contributed by atoms with Gasteiger partial charge in [-0.25, -0.2) is 13.1 Å². The van der Waals surface area contributed by atoms with Gasteiger partial charge >= 0.3 is 0 Å². The average molecular weight is 321 g/mol. The number of aryl methyl sites for hydroxylation is 1. The lowest BCUT2D eigenvalue weighted by molar-refractivity contribution is 0.583. The summed E-state index contributed by atoms with van der Waals surface area (Å²) in [4.78, 5) is 0. The molecule has 0 unspecified atom stereocenters. The van der Waals surface area contributed by atoms with Crippen molar-refractivity contribution in [1.29, 1.82) is 0 Å². The van der Waals surface area contributed by atoms with Crippen LogP contribution < -0.4 is 10.0 Å². The first kappa shape index (κ1) is 14.6. The Hall–Kier alpha value is -0.430. The second kappa shape index (κ2) is 6.49. The van der Waals surface area contributed by atoms with E-state index in [1.165, 1.54) is 12.6 Å². The molecular formula is C11H17BrN2O2S. The van der Waals surface area contributed by atoms with Crippen molar-refractivity contribution < 1.29 is 8.42 Å². The van der Waals surface area contributed by atoms with Crippen LogP contribution in [0.4, 0.5) is 0 Å². The van der Waals surface area contributed by atoms with Crippen LogP contribution in [0.25, 0.3) is 0 Å². The van der Waals surface area contributed by atoms with Gasteiger partial charge in [0.1, 0.15) is 0 Å². The molecule has 0 aliphatic carbocycles. The van der Waals surface area contributed by atoms with Crippen LogP contribution in [0.15, 0.2) is 22.7 Å². The van der Waals surface area contributed by atoms with E-state index in [1.54, 1.807) is 0 Å². The molecule has 0 heterocycles. The van der Waals surface area contributed by atoms with E-state index in [4.69, 9.17) is 0 Å². The third-order valence-corrected chi connectivity index (χ3v) is 4.66. The minimum Gasteiger partial charge on any atom is -0.312 e. The summed E-state index contributed by atoms with van der Waals surface area (Å²) >= 11 is 3.44. The number of hydrogen-bond acceptors (Lipinski definition) is 3. The predicted octanol–water partition coefficient (Wildman–Crippen LogP) is 1.40. The summed E-state index contributed by atoms with van der Waals surface area (Å²) in [7, 11) is -1.68. The molecule has 0 saturated carbocycles. The molecule has 1 aromatic carbocycles. The van der Waals surface area contributed by atoms with Gasteiger partial charge in [0.15, 0.2) is 0 Å². The lowest BCUT2D eigenvalue weighted by Gasteiger charge is -2.07. The molecule has 0 atom stereocenters. The smallest absolute Gasteiger partial charge is 0.212 e. The van der Waals surface area contributed by atoms with E-state index in [1.807, 2.05) is 19.1 Å². The number of rotatable bonds is 6. The van der Waals surface area contributed by atoms with Crippen molar-refractivity contribution in [2.45, 2.75) is 13.5 Å². The highest BCUT2D eigenvalue weighted by Crippen LogP contribution is 2.16. The number of benzene rings is 1. The summed E-state index contributed by atoms with van der Waals surface area (Å²) < 4.78 is 25.7. The van der Waals surface area contributed by atoms with Crippen molar-refractivity contribution in [3.8, 4) is 0 Å². The molecule has 0 aliphatic heterocycles. The number of sulfonamides is 1. The molecule has 0 aliphatic rings. The Bertz CT molecular complexity index is 474. The number of hydrogen-bond donors (Lipinski definition) is 2. The standard InChI is InChI=1S/C11H17BrN2O2S/c1-9-7-10(3-4-11(9)12)8-14-5-6-17(15,16)13-2/h3-4,7,13-14H,5-6,8H2,1-2H3. The van der Waals surface area contributed by atoms with Gasteiger partial charge in [0.25, 0.3) is 0 Å². The van der Waals surface area contributed by atoms with Crippen molar-refractivity contribution in [3.05, 3.63) is 33.8 Å². The molecule has 0 amide bonds. The van der Waals surface area contributed by atoms with Gasteiger partial charge in [-0.3, -0.25) is 0 Å². The van der Waals surface area contributed by atoms with Crippen molar-refractivity contribution in [2.75, 3.05) is 19.3 Å². The highest BCUT2D eigenvalue weighted by Gasteiger charge is 2.05. The number of halogens is 1. The highest BCUT2D eigenvalue weighted by molar-refractivity contribution is 9.10. The number of nitrogens with one attached hydrogen (secondary N) is 2. The van der Waals surface area contributed by atoms with E-state index in [0.29, 0.717) is 13.1 Å². The van der Waals surface area contributed by atoms with Gasteiger partial charge in [-0.1, -0.05) is 28.1 Å². The van der Waals surface area contributed by atoms with Gasteiger partial charge in [0.05, 0.1) is 5.75 Å². The molecule has 1 rings (SSSR count). The van der Waals surface area contributed by atoms with E-state index in [9.17, 15) is 8.42 Å². The topological polar surface area (TPSA) is 58.2 Å². The lowest BCUT2D eigenvalue weighted by Crippen LogP contribution is -2.29. The highest BCUT2D eigenvalue weighted by atomic mass is 79.9. The van der Waals surface area contributed by atoms with E-state index < -0.39 is 10.0 Å². The van der Waals surface area contributed by atoms with Gasteiger partial charge in [-0.15, -0.1) is 0 Å². The van der Waals surface area contributed by atoms with E-state index in [-0.39, 0.29) is 5.75 Å². The maximum Gasteiger partial charge on any atom is 0.212 e. The Morgan fingerprint density at radius 1 is 1.35 bits per heavy atom. The fraction of sp³-hybridized carbons (Fsp3) is 0.455. The quantitative estimate of drug-likeness (QED) is 0.779. The van der Waals surface area contributed by atoms with Crippen LogP contribution in [0.1, 0.15) is 11.1 Å². The van der Waals surface area contributed by atoms with Crippen LogP contribution in [-0.2, 0) is 16.6 Å². The van der Waals surface area contributed by atoms with Gasteiger partial charge < -0.3 is 5.32 Å². The summed E-state index contributed by atoms with van der Waals surface area (Å²) in [6, 6.07) is 6.08. The predicted molar refractivity (Wildman–Crippen MR) is 73.4 cm³/mol. The third-order valence-electron chi connectivity index (χ3n) is 2.41. The summed E-state index contributed by atoms with van der Waals surface area (Å²) in [5.74, 6) is 0.0962. The first-order chi connectivity index (χ1) is 7.94. The van der Waals surface area contributed by atoms with Crippen LogP contribution in [0.5, 0.6) is 0 Å². The van der Waals surface area contributed by atoms with Crippen LogP contribution in [0, 0.1) is 6.92 Å². The maximum atomic E-state index is 11.2. The second-order valence-electron chi connectivity index (χ2n) is 3.78. The lowest BCUT2D eigenvalue weighted by atomic mass is 10.1. The van der Waals surface area contributed by atoms with E-state index in [0.717, 1.165) is 10.0 Å². The monoisotopic (exact) mass is 320 g/mol. The first-order valence-corrected chi connectivity index (χ1v) is 7.76. The fourth-order valence-corrected chi connectivity index (χ4v) is 2.22. The van der Waals surface area contributed by atoms with Crippen molar-refractivity contribution in [2.24, 2.45) is 0 Å². The van der Waals surface area contributed by atoms with Crippen molar-refractivity contribution >= 4 is 26.0 Å². The molecular weight excluding hydrogens is 304 g/mol. The van der Waals surface area contributed by atoms with Gasteiger partial charge in [-0.2, -0.15) is 0 Å². The Balaban J connectivity index is 2.39. The Kier molecular flexibility index (Phi) is 5.58. The molecule has 4 nitrogen and oxygen atoms in total. The minimum atomic E-state index is -3.11. The molecule has 2 N–H and O–H groups in total. The molecule has 1 aromatic rings. The zero-order valence-electron chi connectivity index (χ0n) is 9.96. The minimum absolute atomic E-state index is 0.0962. The maximum absolute atomic E-state index is 11.2.